The number of ether oxygens (including phenoxy) is 1. The standard InChI is InChI=1S/C18H30N2O2/c1-4-15(2)17-7-5-6-8-18(17)22-14-16(21)13-20-11-9-19(3)10-12-20/h5-8,15-16,21H,4,9-14H2,1-3H3/t15-,16-/m0/s1. The molecule has 4 nitrogen and oxygen atoms in total. The van der Waals surface area contributed by atoms with Crippen LogP contribution in [0.1, 0.15) is 31.7 Å². The molecule has 1 saturated heterocycles. The van der Waals surface area contributed by atoms with Crippen LogP contribution < -0.4 is 4.74 Å². The van der Waals surface area contributed by atoms with E-state index >= 15 is 0 Å². The highest BCUT2D eigenvalue weighted by Crippen LogP contribution is 2.28. The molecule has 2 rings (SSSR count). The van der Waals surface area contributed by atoms with Gasteiger partial charge in [0, 0.05) is 32.7 Å². The number of aliphatic hydroxyl groups excluding tert-OH is 1. The fourth-order valence-corrected chi connectivity index (χ4v) is 2.81. The molecule has 1 aliphatic rings. The molecule has 0 spiro atoms. The lowest BCUT2D eigenvalue weighted by Crippen LogP contribution is -2.47. The summed E-state index contributed by atoms with van der Waals surface area (Å²) in [5.41, 5.74) is 1.23. The zero-order valence-electron chi connectivity index (χ0n) is 14.2. The summed E-state index contributed by atoms with van der Waals surface area (Å²) in [5, 5.41) is 10.2. The number of aliphatic hydroxyl groups is 1. The third kappa shape index (κ3) is 4.97. The number of rotatable bonds is 7. The van der Waals surface area contributed by atoms with Crippen LogP contribution in [0.3, 0.4) is 0 Å². The zero-order valence-corrected chi connectivity index (χ0v) is 14.2. The normalized spacial score (nSPS) is 19.8. The smallest absolute Gasteiger partial charge is 0.122 e. The molecule has 0 bridgehead atoms. The van der Waals surface area contributed by atoms with Crippen LogP contribution in [0.4, 0.5) is 0 Å². The maximum Gasteiger partial charge on any atom is 0.122 e. The molecule has 0 radical (unpaired) electrons. The number of hydrogen-bond donors (Lipinski definition) is 1. The topological polar surface area (TPSA) is 35.9 Å². The first-order chi connectivity index (χ1) is 10.6. The highest BCUT2D eigenvalue weighted by molar-refractivity contribution is 5.35. The van der Waals surface area contributed by atoms with Crippen LogP contribution in [0.2, 0.25) is 0 Å². The van der Waals surface area contributed by atoms with Gasteiger partial charge in [-0.1, -0.05) is 32.0 Å². The minimum Gasteiger partial charge on any atom is -0.491 e. The molecule has 0 saturated carbocycles. The SMILES string of the molecule is CC[C@H](C)c1ccccc1OC[C@@H](O)CN1CCN(C)CC1. The van der Waals surface area contributed by atoms with Gasteiger partial charge in [-0.15, -0.1) is 0 Å². The number of benzene rings is 1. The van der Waals surface area contributed by atoms with E-state index in [1.807, 2.05) is 12.1 Å². The molecule has 22 heavy (non-hydrogen) atoms. The molecule has 1 heterocycles. The summed E-state index contributed by atoms with van der Waals surface area (Å²) >= 11 is 0. The van der Waals surface area contributed by atoms with Gasteiger partial charge in [-0.3, -0.25) is 4.90 Å². The van der Waals surface area contributed by atoms with E-state index in [1.54, 1.807) is 0 Å². The number of para-hydroxylation sites is 1. The third-order valence-electron chi connectivity index (χ3n) is 4.56. The van der Waals surface area contributed by atoms with E-state index in [9.17, 15) is 5.11 Å². The molecule has 4 heteroatoms. The van der Waals surface area contributed by atoms with Gasteiger partial charge >= 0.3 is 0 Å². The first-order valence-corrected chi connectivity index (χ1v) is 8.40. The molecule has 1 N–H and O–H groups in total. The Hall–Kier alpha value is -1.10. The summed E-state index contributed by atoms with van der Waals surface area (Å²) in [4.78, 5) is 4.64. The van der Waals surface area contributed by atoms with Gasteiger partial charge in [0.25, 0.3) is 0 Å². The van der Waals surface area contributed by atoms with E-state index in [0.717, 1.165) is 38.3 Å². The maximum atomic E-state index is 10.2. The van der Waals surface area contributed by atoms with Crippen molar-refractivity contribution in [3.8, 4) is 5.75 Å². The van der Waals surface area contributed by atoms with E-state index in [2.05, 4.69) is 42.8 Å². The van der Waals surface area contributed by atoms with E-state index < -0.39 is 6.10 Å². The van der Waals surface area contributed by atoms with E-state index in [1.165, 1.54) is 5.56 Å². The first-order valence-electron chi connectivity index (χ1n) is 8.40. The second-order valence-corrected chi connectivity index (χ2v) is 6.42. The van der Waals surface area contributed by atoms with Crippen molar-refractivity contribution < 1.29 is 9.84 Å². The number of likely N-dealkylation sites (N-methyl/N-ethyl adjacent to an activating group) is 1. The average molecular weight is 306 g/mol. The predicted octanol–water partition coefficient (Wildman–Crippen LogP) is 2.19. The number of nitrogens with zero attached hydrogens (tertiary/aromatic N) is 2. The van der Waals surface area contributed by atoms with Crippen molar-refractivity contribution >= 4 is 0 Å². The van der Waals surface area contributed by atoms with Crippen LogP contribution in [0.15, 0.2) is 24.3 Å². The summed E-state index contributed by atoms with van der Waals surface area (Å²) in [6, 6.07) is 8.17. The number of hydrogen-bond acceptors (Lipinski definition) is 4. The van der Waals surface area contributed by atoms with Gasteiger partial charge in [0.1, 0.15) is 18.5 Å². The summed E-state index contributed by atoms with van der Waals surface area (Å²) in [6.45, 7) is 9.65. The highest BCUT2D eigenvalue weighted by Gasteiger charge is 2.18. The van der Waals surface area contributed by atoms with E-state index in [-0.39, 0.29) is 0 Å². The Balaban J connectivity index is 1.82. The van der Waals surface area contributed by atoms with E-state index in [0.29, 0.717) is 19.1 Å². The summed E-state index contributed by atoms with van der Waals surface area (Å²) in [7, 11) is 2.14. The lowest BCUT2D eigenvalue weighted by atomic mass is 9.98. The quantitative estimate of drug-likeness (QED) is 0.838. The maximum absolute atomic E-state index is 10.2. The van der Waals surface area contributed by atoms with Crippen LogP contribution in [0, 0.1) is 0 Å². The van der Waals surface area contributed by atoms with E-state index in [4.69, 9.17) is 4.74 Å². The zero-order chi connectivity index (χ0) is 15.9. The van der Waals surface area contributed by atoms with Crippen LogP contribution in [0.5, 0.6) is 5.75 Å². The molecule has 1 aliphatic heterocycles. The number of piperazine rings is 1. The van der Waals surface area contributed by atoms with Gasteiger partial charge in [-0.2, -0.15) is 0 Å². The van der Waals surface area contributed by atoms with Crippen LogP contribution in [-0.2, 0) is 0 Å². The highest BCUT2D eigenvalue weighted by atomic mass is 16.5. The predicted molar refractivity (Wildman–Crippen MR) is 90.6 cm³/mol. The Labute approximate surface area is 134 Å². The minimum absolute atomic E-state index is 0.361. The van der Waals surface area contributed by atoms with Crippen molar-refractivity contribution in [3.05, 3.63) is 29.8 Å². The molecule has 0 aliphatic carbocycles. The van der Waals surface area contributed by atoms with Crippen molar-refractivity contribution in [3.63, 3.8) is 0 Å². The third-order valence-corrected chi connectivity index (χ3v) is 4.56. The molecular weight excluding hydrogens is 276 g/mol. The molecule has 0 unspecified atom stereocenters. The number of β-amino-alcohol motifs (C(OH)–C–C–N with tert-alkyl or cyclic N) is 1. The first kappa shape index (κ1) is 17.3. The summed E-state index contributed by atoms with van der Waals surface area (Å²) < 4.78 is 5.90. The monoisotopic (exact) mass is 306 g/mol. The molecule has 1 aromatic carbocycles. The summed E-state index contributed by atoms with van der Waals surface area (Å²) in [5.74, 6) is 1.39. The van der Waals surface area contributed by atoms with Gasteiger partial charge in [-0.25, -0.2) is 0 Å². The van der Waals surface area contributed by atoms with Crippen LogP contribution in [0.25, 0.3) is 0 Å². The van der Waals surface area contributed by atoms with Gasteiger partial charge in [0.15, 0.2) is 0 Å². The Kier molecular flexibility index (Phi) is 6.68. The Morgan fingerprint density at radius 1 is 1.18 bits per heavy atom. The van der Waals surface area contributed by atoms with Crippen LogP contribution >= 0.6 is 0 Å². The minimum atomic E-state index is -0.437. The fraction of sp³-hybridized carbons (Fsp3) is 0.667. The van der Waals surface area contributed by atoms with Gasteiger partial charge in [-0.05, 0) is 31.0 Å². The Morgan fingerprint density at radius 3 is 2.55 bits per heavy atom. The van der Waals surface area contributed by atoms with Gasteiger partial charge in [0.05, 0.1) is 0 Å². The molecule has 1 aromatic rings. The second-order valence-electron chi connectivity index (χ2n) is 6.42. The average Bonchev–Trinajstić information content (AvgIpc) is 2.54. The largest absolute Gasteiger partial charge is 0.491 e. The summed E-state index contributed by atoms with van der Waals surface area (Å²) in [6.07, 6.45) is 0.651. The lowest BCUT2D eigenvalue weighted by molar-refractivity contribution is 0.0501. The second kappa shape index (κ2) is 8.51. The Morgan fingerprint density at radius 2 is 1.86 bits per heavy atom. The molecular formula is C18H30N2O2. The fourth-order valence-electron chi connectivity index (χ4n) is 2.81. The van der Waals surface area contributed by atoms with Crippen molar-refractivity contribution in [1.29, 1.82) is 0 Å². The Bertz CT molecular complexity index is 444. The molecule has 1 fully saturated rings. The molecule has 0 aromatic heterocycles. The lowest BCUT2D eigenvalue weighted by Gasteiger charge is -2.33. The molecule has 2 atom stereocenters. The van der Waals surface area contributed by atoms with Crippen molar-refractivity contribution in [2.45, 2.75) is 32.3 Å². The van der Waals surface area contributed by atoms with Crippen molar-refractivity contribution in [1.82, 2.24) is 9.80 Å². The molecule has 0 amide bonds. The van der Waals surface area contributed by atoms with Crippen LogP contribution in [-0.4, -0.2) is 67.4 Å². The van der Waals surface area contributed by atoms with Crippen molar-refractivity contribution in [2.24, 2.45) is 0 Å². The van der Waals surface area contributed by atoms with Crippen molar-refractivity contribution in [2.75, 3.05) is 46.4 Å². The molecule has 124 valence electrons. The van der Waals surface area contributed by atoms with Gasteiger partial charge < -0.3 is 14.7 Å². The van der Waals surface area contributed by atoms with Gasteiger partial charge in [0.2, 0.25) is 0 Å².